The highest BCUT2D eigenvalue weighted by atomic mass is 127. The molecule has 1 aliphatic rings. The van der Waals surface area contributed by atoms with Gasteiger partial charge in [0.25, 0.3) is 0 Å². The van der Waals surface area contributed by atoms with Crippen LogP contribution in [0.2, 0.25) is 0 Å². The molecular weight excluding hydrogens is 477 g/mol. The van der Waals surface area contributed by atoms with E-state index in [0.29, 0.717) is 12.6 Å². The van der Waals surface area contributed by atoms with E-state index >= 15 is 0 Å². The first-order valence-electron chi connectivity index (χ1n) is 9.13. The number of alkyl carbamates (subject to hydrolysis) is 1. The van der Waals surface area contributed by atoms with Crippen LogP contribution in [0.25, 0.3) is 0 Å². The lowest BCUT2D eigenvalue weighted by Crippen LogP contribution is -2.47. The van der Waals surface area contributed by atoms with Crippen molar-refractivity contribution in [2.24, 2.45) is 4.99 Å². The standard InChI is InChI=1S/C18H31N5O2S.HI/c1-12-10-20-15(26-12)11-21-16(19-5)22-13-6-8-14(9-7-13)23-17(24)25-18(2,3)4;/h10,13-14H,6-9,11H2,1-5H3,(H,23,24)(H2,19,21,22);1H. The Morgan fingerprint density at radius 1 is 1.26 bits per heavy atom. The summed E-state index contributed by atoms with van der Waals surface area (Å²) in [7, 11) is 1.78. The fourth-order valence-corrected chi connectivity index (χ4v) is 3.61. The Kier molecular flexibility index (Phi) is 9.78. The molecule has 1 aromatic rings. The van der Waals surface area contributed by atoms with Gasteiger partial charge in [0.05, 0.1) is 6.54 Å². The number of aromatic nitrogens is 1. The number of aliphatic imine (C=N–C) groups is 1. The van der Waals surface area contributed by atoms with Crippen molar-refractivity contribution in [3.05, 3.63) is 16.1 Å². The lowest BCUT2D eigenvalue weighted by Gasteiger charge is -2.31. The van der Waals surface area contributed by atoms with Gasteiger partial charge in [0.1, 0.15) is 10.6 Å². The molecule has 27 heavy (non-hydrogen) atoms. The third kappa shape index (κ3) is 9.09. The number of carbonyl (C=O) groups is 1. The number of hydrogen-bond acceptors (Lipinski definition) is 5. The van der Waals surface area contributed by atoms with Crippen LogP contribution < -0.4 is 16.0 Å². The van der Waals surface area contributed by atoms with Gasteiger partial charge in [-0.3, -0.25) is 4.99 Å². The number of halogens is 1. The van der Waals surface area contributed by atoms with Gasteiger partial charge in [0.15, 0.2) is 5.96 Å². The predicted octanol–water partition coefficient (Wildman–Crippen LogP) is 3.57. The summed E-state index contributed by atoms with van der Waals surface area (Å²) in [5.41, 5.74) is -0.461. The second-order valence-electron chi connectivity index (χ2n) is 7.63. The molecule has 1 fully saturated rings. The second kappa shape index (κ2) is 11.0. The van der Waals surface area contributed by atoms with Crippen molar-refractivity contribution in [3.63, 3.8) is 0 Å². The van der Waals surface area contributed by atoms with E-state index in [1.54, 1.807) is 18.4 Å². The number of rotatable bonds is 4. The molecule has 0 bridgehead atoms. The first-order chi connectivity index (χ1) is 12.2. The summed E-state index contributed by atoms with van der Waals surface area (Å²) in [6.45, 7) is 8.35. The average Bonchev–Trinajstić information content (AvgIpc) is 2.96. The highest BCUT2D eigenvalue weighted by Crippen LogP contribution is 2.19. The zero-order valence-electron chi connectivity index (χ0n) is 16.8. The molecule has 7 nitrogen and oxygen atoms in total. The van der Waals surface area contributed by atoms with Crippen molar-refractivity contribution in [1.82, 2.24) is 20.9 Å². The summed E-state index contributed by atoms with van der Waals surface area (Å²) in [6.07, 6.45) is 5.38. The van der Waals surface area contributed by atoms with Crippen LogP contribution in [0.4, 0.5) is 4.79 Å². The predicted molar refractivity (Wildman–Crippen MR) is 121 cm³/mol. The maximum atomic E-state index is 11.9. The van der Waals surface area contributed by atoms with Crippen LogP contribution in [-0.2, 0) is 11.3 Å². The van der Waals surface area contributed by atoms with Gasteiger partial charge >= 0.3 is 6.09 Å². The third-order valence-corrected chi connectivity index (χ3v) is 5.00. The number of nitrogens with zero attached hydrogens (tertiary/aromatic N) is 2. The Hall–Kier alpha value is -1.10. The van der Waals surface area contributed by atoms with Crippen LogP contribution in [0.5, 0.6) is 0 Å². The molecule has 1 aliphatic carbocycles. The minimum absolute atomic E-state index is 0. The molecule has 2 rings (SSSR count). The van der Waals surface area contributed by atoms with Gasteiger partial charge in [-0.05, 0) is 53.4 Å². The Labute approximate surface area is 183 Å². The van der Waals surface area contributed by atoms with Crippen LogP contribution in [0.3, 0.4) is 0 Å². The van der Waals surface area contributed by atoms with Crippen LogP contribution in [0.15, 0.2) is 11.2 Å². The molecule has 1 aromatic heterocycles. The van der Waals surface area contributed by atoms with Crippen LogP contribution in [-0.4, -0.2) is 41.8 Å². The molecule has 154 valence electrons. The number of ether oxygens (including phenoxy) is 1. The van der Waals surface area contributed by atoms with E-state index in [4.69, 9.17) is 4.74 Å². The second-order valence-corrected chi connectivity index (χ2v) is 8.95. The number of thiazole rings is 1. The zero-order chi connectivity index (χ0) is 19.2. The normalized spacial score (nSPS) is 20.4. The molecule has 0 aliphatic heterocycles. The third-order valence-electron chi connectivity index (χ3n) is 4.09. The van der Waals surface area contributed by atoms with Crippen molar-refractivity contribution in [1.29, 1.82) is 0 Å². The molecule has 0 saturated heterocycles. The number of aryl methyl sites for hydroxylation is 1. The van der Waals surface area contributed by atoms with Crippen molar-refractivity contribution in [2.45, 2.75) is 77.6 Å². The van der Waals surface area contributed by atoms with Crippen molar-refractivity contribution < 1.29 is 9.53 Å². The van der Waals surface area contributed by atoms with Gasteiger partial charge in [0.2, 0.25) is 0 Å². The zero-order valence-corrected chi connectivity index (χ0v) is 19.9. The molecular formula is C18H32IN5O2S. The molecule has 0 radical (unpaired) electrons. The smallest absolute Gasteiger partial charge is 0.407 e. The number of carbonyl (C=O) groups excluding carboxylic acids is 1. The average molecular weight is 509 g/mol. The Bertz CT molecular complexity index is 622. The fraction of sp³-hybridized carbons (Fsp3) is 0.722. The lowest BCUT2D eigenvalue weighted by molar-refractivity contribution is 0.0490. The van der Waals surface area contributed by atoms with Gasteiger partial charge in [-0.1, -0.05) is 0 Å². The quantitative estimate of drug-likeness (QED) is 0.328. The summed E-state index contributed by atoms with van der Waals surface area (Å²) in [4.78, 5) is 21.7. The first kappa shape index (κ1) is 23.9. The Balaban J connectivity index is 0.00000364. The molecule has 0 spiro atoms. The van der Waals surface area contributed by atoms with E-state index in [0.717, 1.165) is 36.7 Å². The van der Waals surface area contributed by atoms with Crippen LogP contribution in [0, 0.1) is 6.92 Å². The fourth-order valence-electron chi connectivity index (χ4n) is 2.89. The summed E-state index contributed by atoms with van der Waals surface area (Å²) in [5, 5.41) is 10.8. The molecule has 9 heteroatoms. The number of hydrogen-bond donors (Lipinski definition) is 3. The summed E-state index contributed by atoms with van der Waals surface area (Å²) in [6, 6.07) is 0.534. The van der Waals surface area contributed by atoms with Gasteiger partial charge < -0.3 is 20.7 Å². The number of amides is 1. The van der Waals surface area contributed by atoms with Gasteiger partial charge in [0, 0.05) is 30.2 Å². The van der Waals surface area contributed by atoms with E-state index in [-0.39, 0.29) is 36.1 Å². The molecule has 0 atom stereocenters. The Morgan fingerprint density at radius 2 is 1.85 bits per heavy atom. The molecule has 0 unspecified atom stereocenters. The lowest BCUT2D eigenvalue weighted by atomic mass is 9.91. The van der Waals surface area contributed by atoms with E-state index in [1.807, 2.05) is 27.0 Å². The maximum absolute atomic E-state index is 11.9. The van der Waals surface area contributed by atoms with E-state index in [9.17, 15) is 4.79 Å². The minimum atomic E-state index is -0.461. The minimum Gasteiger partial charge on any atom is -0.444 e. The van der Waals surface area contributed by atoms with Crippen LogP contribution in [0.1, 0.15) is 56.3 Å². The summed E-state index contributed by atoms with van der Waals surface area (Å²) < 4.78 is 5.33. The molecule has 1 heterocycles. The monoisotopic (exact) mass is 509 g/mol. The summed E-state index contributed by atoms with van der Waals surface area (Å²) >= 11 is 1.69. The molecule has 3 N–H and O–H groups in total. The summed E-state index contributed by atoms with van der Waals surface area (Å²) in [5.74, 6) is 0.793. The topological polar surface area (TPSA) is 87.6 Å². The van der Waals surface area contributed by atoms with E-state index < -0.39 is 5.60 Å². The van der Waals surface area contributed by atoms with Crippen molar-refractivity contribution in [2.75, 3.05) is 7.05 Å². The van der Waals surface area contributed by atoms with Gasteiger partial charge in [-0.15, -0.1) is 35.3 Å². The van der Waals surface area contributed by atoms with E-state index in [1.165, 1.54) is 4.88 Å². The van der Waals surface area contributed by atoms with Crippen molar-refractivity contribution in [3.8, 4) is 0 Å². The highest BCUT2D eigenvalue weighted by Gasteiger charge is 2.25. The molecule has 1 amide bonds. The van der Waals surface area contributed by atoms with Gasteiger partial charge in [-0.25, -0.2) is 9.78 Å². The number of guanidine groups is 1. The highest BCUT2D eigenvalue weighted by molar-refractivity contribution is 14.0. The molecule has 0 aromatic carbocycles. The largest absolute Gasteiger partial charge is 0.444 e. The number of nitrogens with one attached hydrogen (secondary N) is 3. The molecule has 1 saturated carbocycles. The van der Waals surface area contributed by atoms with Crippen molar-refractivity contribution >= 4 is 47.4 Å². The first-order valence-corrected chi connectivity index (χ1v) is 9.95. The Morgan fingerprint density at radius 3 is 2.33 bits per heavy atom. The maximum Gasteiger partial charge on any atom is 0.407 e. The van der Waals surface area contributed by atoms with Crippen LogP contribution >= 0.6 is 35.3 Å². The SMILES string of the molecule is CN=C(NCc1ncc(C)s1)NC1CCC(NC(=O)OC(C)(C)C)CC1.I. The van der Waals surface area contributed by atoms with Gasteiger partial charge in [-0.2, -0.15) is 0 Å². The van der Waals surface area contributed by atoms with E-state index in [2.05, 4.69) is 32.9 Å².